The highest BCUT2D eigenvalue weighted by atomic mass is 16.6. The Labute approximate surface area is 132 Å². The number of carbonyl (C=O) groups excluding carboxylic acids is 1. The zero-order chi connectivity index (χ0) is 15.8. The van der Waals surface area contributed by atoms with Crippen molar-refractivity contribution in [1.82, 2.24) is 25.2 Å². The molecule has 2 aromatic heterocycles. The topological polar surface area (TPSA) is 87.9 Å². The van der Waals surface area contributed by atoms with E-state index in [2.05, 4.69) is 24.9 Å². The zero-order valence-electron chi connectivity index (χ0n) is 12.8. The molecule has 1 saturated heterocycles. The number of aromatic amines is 1. The van der Waals surface area contributed by atoms with Crippen LogP contribution in [0.15, 0.2) is 28.9 Å². The van der Waals surface area contributed by atoms with E-state index in [1.165, 1.54) is 0 Å². The number of carbonyl (C=O) groups is 1. The smallest absolute Gasteiger partial charge is 0.278 e. The Morgan fingerprint density at radius 3 is 3.00 bits per heavy atom. The van der Waals surface area contributed by atoms with Crippen molar-refractivity contribution in [1.29, 1.82) is 0 Å². The van der Waals surface area contributed by atoms with Gasteiger partial charge in [-0.05, 0) is 37.1 Å². The van der Waals surface area contributed by atoms with Gasteiger partial charge in [-0.2, -0.15) is 0 Å². The van der Waals surface area contributed by atoms with Gasteiger partial charge in [0.2, 0.25) is 0 Å². The predicted molar refractivity (Wildman–Crippen MR) is 83.0 cm³/mol. The number of fused-ring (bicyclic) bond motifs is 1. The molecule has 1 atom stereocenters. The summed E-state index contributed by atoms with van der Waals surface area (Å²) >= 11 is 0. The summed E-state index contributed by atoms with van der Waals surface area (Å²) in [7, 11) is 0. The molecule has 3 aromatic rings. The van der Waals surface area contributed by atoms with Crippen molar-refractivity contribution in [3.63, 3.8) is 0 Å². The van der Waals surface area contributed by atoms with E-state index in [1.807, 2.05) is 29.2 Å². The van der Waals surface area contributed by atoms with Crippen molar-refractivity contribution in [2.24, 2.45) is 0 Å². The molecule has 1 unspecified atom stereocenters. The highest BCUT2D eigenvalue weighted by Crippen LogP contribution is 2.27. The number of piperidine rings is 1. The number of imidazole rings is 1. The van der Waals surface area contributed by atoms with Gasteiger partial charge in [0.05, 0.1) is 11.0 Å². The van der Waals surface area contributed by atoms with Crippen molar-refractivity contribution >= 4 is 16.9 Å². The van der Waals surface area contributed by atoms with Crippen LogP contribution in [0.3, 0.4) is 0 Å². The van der Waals surface area contributed by atoms with Crippen molar-refractivity contribution < 1.29 is 9.42 Å². The van der Waals surface area contributed by atoms with Gasteiger partial charge in [0, 0.05) is 19.0 Å². The van der Waals surface area contributed by atoms with Crippen molar-refractivity contribution in [2.45, 2.75) is 25.7 Å². The minimum atomic E-state index is -0.121. The van der Waals surface area contributed by atoms with Gasteiger partial charge in [-0.1, -0.05) is 17.3 Å². The molecular formula is C16H17N5O2. The summed E-state index contributed by atoms with van der Waals surface area (Å²) in [5.41, 5.74) is 2.82. The van der Waals surface area contributed by atoms with E-state index in [1.54, 1.807) is 6.92 Å². The third-order valence-corrected chi connectivity index (χ3v) is 4.36. The molecule has 1 fully saturated rings. The van der Waals surface area contributed by atoms with Crippen molar-refractivity contribution in [3.05, 3.63) is 41.5 Å². The Balaban J connectivity index is 1.57. The lowest BCUT2D eigenvalue weighted by Crippen LogP contribution is -2.39. The number of rotatable bonds is 2. The van der Waals surface area contributed by atoms with Crippen LogP contribution < -0.4 is 0 Å². The molecule has 1 aromatic carbocycles. The van der Waals surface area contributed by atoms with Crippen LogP contribution in [0.5, 0.6) is 0 Å². The molecule has 0 saturated carbocycles. The fourth-order valence-electron chi connectivity index (χ4n) is 3.13. The highest BCUT2D eigenvalue weighted by Gasteiger charge is 2.29. The second-order valence-electron chi connectivity index (χ2n) is 5.93. The first-order chi connectivity index (χ1) is 11.2. The minimum Gasteiger partial charge on any atom is -0.342 e. The second-order valence-corrected chi connectivity index (χ2v) is 5.93. The maximum Gasteiger partial charge on any atom is 0.278 e. The van der Waals surface area contributed by atoms with E-state index in [0.29, 0.717) is 17.9 Å². The minimum absolute atomic E-state index is 0.121. The Morgan fingerprint density at radius 1 is 1.35 bits per heavy atom. The van der Waals surface area contributed by atoms with Gasteiger partial charge >= 0.3 is 0 Å². The molecule has 0 spiro atoms. The third kappa shape index (κ3) is 2.48. The maximum absolute atomic E-state index is 12.6. The number of hydrogen-bond donors (Lipinski definition) is 1. The number of nitrogens with zero attached hydrogens (tertiary/aromatic N) is 4. The zero-order valence-corrected chi connectivity index (χ0v) is 12.8. The third-order valence-electron chi connectivity index (χ3n) is 4.36. The number of nitrogens with one attached hydrogen (secondary N) is 1. The molecule has 7 heteroatoms. The molecule has 0 aliphatic carbocycles. The molecule has 0 radical (unpaired) electrons. The van der Waals surface area contributed by atoms with E-state index >= 15 is 0 Å². The molecule has 3 heterocycles. The summed E-state index contributed by atoms with van der Waals surface area (Å²) in [6, 6.07) is 7.97. The highest BCUT2D eigenvalue weighted by molar-refractivity contribution is 5.93. The number of hydrogen-bond acceptors (Lipinski definition) is 5. The van der Waals surface area contributed by atoms with Gasteiger partial charge in [-0.3, -0.25) is 4.79 Å². The van der Waals surface area contributed by atoms with E-state index < -0.39 is 0 Å². The summed E-state index contributed by atoms with van der Waals surface area (Å²) < 4.78 is 4.64. The maximum atomic E-state index is 12.6. The molecule has 7 nitrogen and oxygen atoms in total. The van der Waals surface area contributed by atoms with Crippen LogP contribution >= 0.6 is 0 Å². The molecule has 1 aliphatic heterocycles. The van der Waals surface area contributed by atoms with Gasteiger partial charge in [-0.15, -0.1) is 0 Å². The fourth-order valence-corrected chi connectivity index (χ4v) is 3.13. The molecule has 118 valence electrons. The standard InChI is InChI=1S/C16H17N5O2/c1-10-14(20-23-19-10)16(22)21-8-4-5-11(9-21)15-17-12-6-2-3-7-13(12)18-15/h2-3,6-7,11H,4-5,8-9H2,1H3,(H,17,18). The average molecular weight is 311 g/mol. The second kappa shape index (κ2) is 5.49. The summed E-state index contributed by atoms with van der Waals surface area (Å²) in [5, 5.41) is 7.41. The number of likely N-dealkylation sites (tertiary alicyclic amines) is 1. The number of aromatic nitrogens is 4. The predicted octanol–water partition coefficient (Wildman–Crippen LogP) is 2.27. The monoisotopic (exact) mass is 311 g/mol. The Bertz CT molecular complexity index is 820. The lowest BCUT2D eigenvalue weighted by Gasteiger charge is -2.31. The lowest BCUT2D eigenvalue weighted by atomic mass is 9.97. The van der Waals surface area contributed by atoms with Crippen LogP contribution in [0.2, 0.25) is 0 Å². The first kappa shape index (κ1) is 13.9. The van der Waals surface area contributed by atoms with Crippen LogP contribution in [0, 0.1) is 6.92 Å². The number of benzene rings is 1. The Kier molecular flexibility index (Phi) is 3.33. The quantitative estimate of drug-likeness (QED) is 0.784. The van der Waals surface area contributed by atoms with Crippen LogP contribution in [0.4, 0.5) is 0 Å². The van der Waals surface area contributed by atoms with E-state index in [9.17, 15) is 4.79 Å². The number of amides is 1. The Hall–Kier alpha value is -2.70. The summed E-state index contributed by atoms with van der Waals surface area (Å²) in [4.78, 5) is 22.4. The SMILES string of the molecule is Cc1nonc1C(=O)N1CCCC(c2nc3ccccc3[nH]2)C1. The van der Waals surface area contributed by atoms with Gasteiger partial charge in [0.25, 0.3) is 5.91 Å². The number of H-pyrrole nitrogens is 1. The van der Waals surface area contributed by atoms with Crippen LogP contribution in [-0.2, 0) is 0 Å². The lowest BCUT2D eigenvalue weighted by molar-refractivity contribution is 0.0693. The molecule has 0 bridgehead atoms. The van der Waals surface area contributed by atoms with E-state index in [0.717, 1.165) is 36.2 Å². The number of para-hydroxylation sites is 2. The molecule has 1 aliphatic rings. The average Bonchev–Trinajstić information content (AvgIpc) is 3.20. The van der Waals surface area contributed by atoms with E-state index in [4.69, 9.17) is 0 Å². The number of aryl methyl sites for hydroxylation is 1. The summed E-state index contributed by atoms with van der Waals surface area (Å²) in [6.45, 7) is 3.08. The molecule has 23 heavy (non-hydrogen) atoms. The normalized spacial score (nSPS) is 18.5. The summed E-state index contributed by atoms with van der Waals surface area (Å²) in [6.07, 6.45) is 1.96. The molecule has 4 rings (SSSR count). The van der Waals surface area contributed by atoms with Gasteiger partial charge in [-0.25, -0.2) is 9.61 Å². The van der Waals surface area contributed by atoms with Crippen molar-refractivity contribution in [2.75, 3.05) is 13.1 Å². The van der Waals surface area contributed by atoms with Gasteiger partial charge in [0.1, 0.15) is 11.5 Å². The van der Waals surface area contributed by atoms with Gasteiger partial charge in [0.15, 0.2) is 5.69 Å². The first-order valence-electron chi connectivity index (χ1n) is 7.75. The molecule has 1 amide bonds. The van der Waals surface area contributed by atoms with Gasteiger partial charge < -0.3 is 9.88 Å². The van der Waals surface area contributed by atoms with Crippen LogP contribution in [0.1, 0.15) is 40.8 Å². The van der Waals surface area contributed by atoms with Crippen LogP contribution in [-0.4, -0.2) is 44.2 Å². The van der Waals surface area contributed by atoms with Crippen molar-refractivity contribution in [3.8, 4) is 0 Å². The first-order valence-corrected chi connectivity index (χ1v) is 7.75. The summed E-state index contributed by atoms with van der Waals surface area (Å²) in [5.74, 6) is 1.03. The molecule has 1 N–H and O–H groups in total. The molecular weight excluding hydrogens is 294 g/mol. The Morgan fingerprint density at radius 2 is 2.22 bits per heavy atom. The fraction of sp³-hybridized carbons (Fsp3) is 0.375. The largest absolute Gasteiger partial charge is 0.342 e. The van der Waals surface area contributed by atoms with E-state index in [-0.39, 0.29) is 11.8 Å². The van der Waals surface area contributed by atoms with Crippen LogP contribution in [0.25, 0.3) is 11.0 Å².